The molecule has 1 saturated heterocycles. The predicted octanol–water partition coefficient (Wildman–Crippen LogP) is 1.98. The zero-order valence-electron chi connectivity index (χ0n) is 12.1. The third-order valence-corrected chi connectivity index (χ3v) is 3.65. The summed E-state index contributed by atoms with van der Waals surface area (Å²) in [4.78, 5) is 36.4. The molecule has 1 unspecified atom stereocenters. The second-order valence-electron chi connectivity index (χ2n) is 5.58. The lowest BCUT2D eigenvalue weighted by Crippen LogP contribution is -2.52. The number of nitrogens with one attached hydrogen (secondary N) is 2. The standard InChI is InChI=1S/C14H16ClN3O4/c1-14(2)7-16-12(21)18(14)13(22)17-10(11(19)20)8-3-5-9(15)6-4-8/h3-6,10H,7H2,1-2H3,(H,16,21)(H,17,22)(H,19,20). The minimum absolute atomic E-state index is 0.304. The number of carboxylic acid groups (broad SMARTS) is 1. The lowest BCUT2D eigenvalue weighted by Gasteiger charge is -2.29. The van der Waals surface area contributed by atoms with Gasteiger partial charge in [0.15, 0.2) is 6.04 Å². The minimum atomic E-state index is -1.27. The van der Waals surface area contributed by atoms with Gasteiger partial charge in [-0.05, 0) is 31.5 Å². The largest absolute Gasteiger partial charge is 0.479 e. The zero-order valence-corrected chi connectivity index (χ0v) is 12.8. The van der Waals surface area contributed by atoms with Gasteiger partial charge in [0.2, 0.25) is 0 Å². The number of carboxylic acids is 1. The maximum atomic E-state index is 12.3. The molecule has 1 fully saturated rings. The van der Waals surface area contributed by atoms with Crippen molar-refractivity contribution in [3.63, 3.8) is 0 Å². The quantitative estimate of drug-likeness (QED) is 0.791. The summed E-state index contributed by atoms with van der Waals surface area (Å²) in [7, 11) is 0. The van der Waals surface area contributed by atoms with Crippen molar-refractivity contribution in [3.8, 4) is 0 Å². The number of carbonyl (C=O) groups excluding carboxylic acids is 2. The molecule has 1 aliphatic heterocycles. The van der Waals surface area contributed by atoms with E-state index in [-0.39, 0.29) is 0 Å². The van der Waals surface area contributed by atoms with Gasteiger partial charge in [0.25, 0.3) is 0 Å². The fourth-order valence-electron chi connectivity index (χ4n) is 2.22. The molecule has 0 saturated carbocycles. The minimum Gasteiger partial charge on any atom is -0.479 e. The molecule has 0 spiro atoms. The first-order valence-electron chi connectivity index (χ1n) is 6.59. The van der Waals surface area contributed by atoms with Gasteiger partial charge in [0, 0.05) is 11.6 Å². The van der Waals surface area contributed by atoms with Gasteiger partial charge in [0.05, 0.1) is 5.54 Å². The van der Waals surface area contributed by atoms with Gasteiger partial charge in [-0.2, -0.15) is 0 Å². The topological polar surface area (TPSA) is 98.7 Å². The molecule has 1 aromatic rings. The summed E-state index contributed by atoms with van der Waals surface area (Å²) in [6.07, 6.45) is 0. The van der Waals surface area contributed by atoms with E-state index in [0.717, 1.165) is 4.90 Å². The van der Waals surface area contributed by atoms with Crippen molar-refractivity contribution >= 4 is 29.6 Å². The van der Waals surface area contributed by atoms with E-state index in [1.165, 1.54) is 24.3 Å². The van der Waals surface area contributed by atoms with Crippen LogP contribution in [-0.4, -0.2) is 40.1 Å². The molecule has 1 aromatic carbocycles. The van der Waals surface area contributed by atoms with Crippen molar-refractivity contribution in [3.05, 3.63) is 34.9 Å². The number of rotatable bonds is 3. The van der Waals surface area contributed by atoms with Crippen LogP contribution in [0.15, 0.2) is 24.3 Å². The van der Waals surface area contributed by atoms with Gasteiger partial charge < -0.3 is 15.7 Å². The smallest absolute Gasteiger partial charge is 0.330 e. The normalized spacial score (nSPS) is 17.8. The van der Waals surface area contributed by atoms with E-state index in [1.807, 2.05) is 0 Å². The van der Waals surface area contributed by atoms with Crippen LogP contribution in [0, 0.1) is 0 Å². The average molecular weight is 326 g/mol. The molecule has 3 N–H and O–H groups in total. The number of benzene rings is 1. The van der Waals surface area contributed by atoms with Crippen molar-refractivity contribution in [2.45, 2.75) is 25.4 Å². The molecule has 1 aliphatic rings. The Bertz CT molecular complexity index is 615. The Morgan fingerprint density at radius 1 is 1.36 bits per heavy atom. The Morgan fingerprint density at radius 3 is 2.41 bits per heavy atom. The molecule has 0 radical (unpaired) electrons. The van der Waals surface area contributed by atoms with Gasteiger partial charge in [-0.15, -0.1) is 0 Å². The number of carbonyl (C=O) groups is 3. The number of halogens is 1. The number of amides is 4. The van der Waals surface area contributed by atoms with Crippen molar-refractivity contribution < 1.29 is 19.5 Å². The van der Waals surface area contributed by atoms with Crippen LogP contribution in [0.3, 0.4) is 0 Å². The van der Waals surface area contributed by atoms with Crippen LogP contribution >= 0.6 is 11.6 Å². The maximum absolute atomic E-state index is 12.3. The molecule has 4 amide bonds. The Morgan fingerprint density at radius 2 is 1.95 bits per heavy atom. The molecule has 118 valence electrons. The van der Waals surface area contributed by atoms with Gasteiger partial charge in [-0.1, -0.05) is 23.7 Å². The van der Waals surface area contributed by atoms with Gasteiger partial charge in [-0.25, -0.2) is 19.3 Å². The van der Waals surface area contributed by atoms with Crippen LogP contribution in [0.5, 0.6) is 0 Å². The summed E-state index contributed by atoms with van der Waals surface area (Å²) in [5, 5.41) is 14.7. The van der Waals surface area contributed by atoms with E-state index in [1.54, 1.807) is 13.8 Å². The highest BCUT2D eigenvalue weighted by molar-refractivity contribution is 6.30. The lowest BCUT2D eigenvalue weighted by molar-refractivity contribution is -0.139. The Labute approximate surface area is 132 Å². The van der Waals surface area contributed by atoms with E-state index < -0.39 is 29.6 Å². The molecule has 1 heterocycles. The van der Waals surface area contributed by atoms with Crippen molar-refractivity contribution in [2.24, 2.45) is 0 Å². The van der Waals surface area contributed by atoms with Crippen molar-refractivity contribution in [1.29, 1.82) is 0 Å². The lowest BCUT2D eigenvalue weighted by atomic mass is 10.1. The number of hydrogen-bond acceptors (Lipinski definition) is 3. The highest BCUT2D eigenvalue weighted by Gasteiger charge is 2.43. The summed E-state index contributed by atoms with van der Waals surface area (Å²) in [5.74, 6) is -1.23. The average Bonchev–Trinajstić information content (AvgIpc) is 2.70. The van der Waals surface area contributed by atoms with Crippen LogP contribution < -0.4 is 10.6 Å². The van der Waals surface area contributed by atoms with Gasteiger partial charge in [-0.3, -0.25) is 0 Å². The maximum Gasteiger partial charge on any atom is 0.330 e. The molecule has 0 aromatic heterocycles. The third kappa shape index (κ3) is 3.14. The summed E-state index contributed by atoms with van der Waals surface area (Å²) in [6.45, 7) is 3.73. The first kappa shape index (κ1) is 16.1. The predicted molar refractivity (Wildman–Crippen MR) is 79.7 cm³/mol. The summed E-state index contributed by atoms with van der Waals surface area (Å²) < 4.78 is 0. The number of hydrogen-bond donors (Lipinski definition) is 3. The summed E-state index contributed by atoms with van der Waals surface area (Å²) in [5.41, 5.74) is -0.368. The molecule has 1 atom stereocenters. The summed E-state index contributed by atoms with van der Waals surface area (Å²) in [6, 6.07) is 3.50. The Kier molecular flexibility index (Phi) is 4.27. The van der Waals surface area contributed by atoms with Crippen LogP contribution in [-0.2, 0) is 4.79 Å². The second kappa shape index (κ2) is 5.84. The van der Waals surface area contributed by atoms with Crippen LogP contribution in [0.2, 0.25) is 5.02 Å². The number of urea groups is 2. The molecule has 7 nitrogen and oxygen atoms in total. The Balaban J connectivity index is 2.21. The molecular weight excluding hydrogens is 310 g/mol. The second-order valence-corrected chi connectivity index (χ2v) is 6.02. The molecular formula is C14H16ClN3O4. The van der Waals surface area contributed by atoms with E-state index >= 15 is 0 Å². The fourth-order valence-corrected chi connectivity index (χ4v) is 2.35. The van der Waals surface area contributed by atoms with Gasteiger partial charge >= 0.3 is 18.0 Å². The highest BCUT2D eigenvalue weighted by atomic mass is 35.5. The van der Waals surface area contributed by atoms with E-state index in [0.29, 0.717) is 17.1 Å². The number of aliphatic carboxylic acids is 1. The Hall–Kier alpha value is -2.28. The highest BCUT2D eigenvalue weighted by Crippen LogP contribution is 2.22. The monoisotopic (exact) mass is 325 g/mol. The van der Waals surface area contributed by atoms with Crippen LogP contribution in [0.4, 0.5) is 9.59 Å². The zero-order chi connectivity index (χ0) is 16.5. The van der Waals surface area contributed by atoms with E-state index in [4.69, 9.17) is 11.6 Å². The number of nitrogens with zero attached hydrogens (tertiary/aromatic N) is 1. The molecule has 0 aliphatic carbocycles. The molecule has 8 heteroatoms. The fraction of sp³-hybridized carbons (Fsp3) is 0.357. The SMILES string of the molecule is CC1(C)CNC(=O)N1C(=O)NC(C(=O)O)c1ccc(Cl)cc1. The first-order valence-corrected chi connectivity index (χ1v) is 6.97. The number of imide groups is 1. The van der Waals surface area contributed by atoms with Crippen molar-refractivity contribution in [1.82, 2.24) is 15.5 Å². The molecule has 22 heavy (non-hydrogen) atoms. The third-order valence-electron chi connectivity index (χ3n) is 3.40. The first-order chi connectivity index (χ1) is 10.2. The molecule has 2 rings (SSSR count). The van der Waals surface area contributed by atoms with Gasteiger partial charge in [0.1, 0.15) is 0 Å². The van der Waals surface area contributed by atoms with Crippen LogP contribution in [0.1, 0.15) is 25.5 Å². The van der Waals surface area contributed by atoms with Crippen LogP contribution in [0.25, 0.3) is 0 Å². The van der Waals surface area contributed by atoms with E-state index in [2.05, 4.69) is 10.6 Å². The summed E-state index contributed by atoms with van der Waals surface area (Å²) >= 11 is 5.77. The molecule has 0 bridgehead atoms. The van der Waals surface area contributed by atoms with Crippen molar-refractivity contribution in [2.75, 3.05) is 6.54 Å². The van der Waals surface area contributed by atoms with E-state index in [9.17, 15) is 19.5 Å².